The quantitative estimate of drug-likeness (QED) is 0.640. The van der Waals surface area contributed by atoms with Crippen LogP contribution in [0.2, 0.25) is 0 Å². The first kappa shape index (κ1) is 14.5. The molecule has 108 valence electrons. The van der Waals surface area contributed by atoms with Gasteiger partial charge >= 0.3 is 0 Å². The van der Waals surface area contributed by atoms with E-state index >= 15 is 0 Å². The number of benzene rings is 1. The third-order valence-electron chi connectivity index (χ3n) is 3.06. The Morgan fingerprint density at radius 2 is 2.05 bits per heavy atom. The van der Waals surface area contributed by atoms with E-state index in [1.165, 1.54) is 0 Å². The molecule has 0 aliphatic carbocycles. The largest absolute Gasteiger partial charge is 0.426 e. The van der Waals surface area contributed by atoms with Crippen LogP contribution in [-0.2, 0) is 6.61 Å². The Bertz CT molecular complexity index is 542. The van der Waals surface area contributed by atoms with Crippen molar-refractivity contribution >= 4 is 0 Å². The average Bonchev–Trinajstić information content (AvgIpc) is 2.89. The molecule has 5 N–H and O–H groups in total. The van der Waals surface area contributed by atoms with E-state index in [0.717, 1.165) is 0 Å². The van der Waals surface area contributed by atoms with Crippen molar-refractivity contribution in [1.82, 2.24) is 9.97 Å². The van der Waals surface area contributed by atoms with Crippen molar-refractivity contribution in [2.75, 3.05) is 0 Å². The number of nitrogens with one attached hydrogen (secondary N) is 1. The minimum Gasteiger partial charge on any atom is -0.426 e. The van der Waals surface area contributed by atoms with Gasteiger partial charge in [0.15, 0.2) is 0 Å². The van der Waals surface area contributed by atoms with Crippen molar-refractivity contribution in [3.05, 3.63) is 41.7 Å². The van der Waals surface area contributed by atoms with Crippen LogP contribution in [0.3, 0.4) is 0 Å². The molecule has 6 heteroatoms. The van der Waals surface area contributed by atoms with Gasteiger partial charge < -0.3 is 25.7 Å². The molecule has 0 radical (unpaired) electrons. The first-order valence-electron chi connectivity index (χ1n) is 6.51. The number of aromatic amines is 1. The molecule has 0 spiro atoms. The molecule has 20 heavy (non-hydrogen) atoms. The molecule has 1 heterocycles. The number of nitrogens with two attached hydrogens (primary N) is 1. The summed E-state index contributed by atoms with van der Waals surface area (Å²) in [5, 5.41) is 19.4. The van der Waals surface area contributed by atoms with Crippen LogP contribution in [0, 0.1) is 0 Å². The molecule has 0 aliphatic heterocycles. The number of aliphatic hydroxyl groups excluding tert-OH is 2. The Balaban J connectivity index is 2.22. The topological polar surface area (TPSA) is 104 Å². The molecule has 0 amide bonds. The molecular formula is C14H19N3O3. The maximum atomic E-state index is 10.1. The van der Waals surface area contributed by atoms with Gasteiger partial charge in [-0.25, -0.2) is 0 Å². The van der Waals surface area contributed by atoms with E-state index in [0.29, 0.717) is 23.6 Å². The molecule has 2 rings (SSSR count). The van der Waals surface area contributed by atoms with E-state index in [4.69, 9.17) is 10.5 Å². The summed E-state index contributed by atoms with van der Waals surface area (Å²) in [6.45, 7) is 1.61. The van der Waals surface area contributed by atoms with Crippen molar-refractivity contribution in [2.45, 2.75) is 32.1 Å². The molecule has 1 aromatic heterocycles. The maximum Gasteiger partial charge on any atom is 0.299 e. The van der Waals surface area contributed by atoms with E-state index in [9.17, 15) is 10.2 Å². The zero-order valence-corrected chi connectivity index (χ0v) is 11.3. The van der Waals surface area contributed by atoms with E-state index in [1.807, 2.05) is 25.1 Å². The van der Waals surface area contributed by atoms with Gasteiger partial charge in [-0.2, -0.15) is 4.98 Å². The van der Waals surface area contributed by atoms with E-state index in [1.54, 1.807) is 12.1 Å². The summed E-state index contributed by atoms with van der Waals surface area (Å²) in [6.07, 6.45) is -0.333. The standard InChI is InChI=1S/C14H19N3O3/c1-2-10(15)13(19)12-11(8-18)16-14(17-12)20-9-6-4-3-5-7-9/h3-7,10,13,18-19H,2,8,15H2,1H3,(H,16,17). The fourth-order valence-electron chi connectivity index (χ4n) is 1.84. The lowest BCUT2D eigenvalue weighted by Crippen LogP contribution is -2.28. The number of H-pyrrole nitrogens is 1. The van der Waals surface area contributed by atoms with Crippen LogP contribution in [-0.4, -0.2) is 26.2 Å². The molecule has 0 bridgehead atoms. The number of hydrogen-bond acceptors (Lipinski definition) is 5. The van der Waals surface area contributed by atoms with Gasteiger partial charge in [-0.1, -0.05) is 25.1 Å². The number of hydrogen-bond donors (Lipinski definition) is 4. The fourth-order valence-corrected chi connectivity index (χ4v) is 1.84. The normalized spacial score (nSPS) is 14.0. The highest BCUT2D eigenvalue weighted by Gasteiger charge is 2.23. The van der Waals surface area contributed by atoms with Crippen LogP contribution < -0.4 is 10.5 Å². The van der Waals surface area contributed by atoms with E-state index in [2.05, 4.69) is 9.97 Å². The van der Waals surface area contributed by atoms with Gasteiger partial charge in [-0.05, 0) is 18.6 Å². The van der Waals surface area contributed by atoms with Gasteiger partial charge in [-0.15, -0.1) is 0 Å². The second kappa shape index (κ2) is 6.51. The zero-order valence-electron chi connectivity index (χ0n) is 11.3. The first-order chi connectivity index (χ1) is 9.65. The summed E-state index contributed by atoms with van der Waals surface area (Å²) in [4.78, 5) is 7.02. The number of aliphatic hydroxyl groups is 2. The lowest BCUT2D eigenvalue weighted by atomic mass is 10.1. The Hall–Kier alpha value is -1.89. The lowest BCUT2D eigenvalue weighted by Gasteiger charge is -2.15. The Morgan fingerprint density at radius 3 is 2.65 bits per heavy atom. The van der Waals surface area contributed by atoms with Gasteiger partial charge in [0.2, 0.25) is 0 Å². The predicted molar refractivity (Wildman–Crippen MR) is 74.3 cm³/mol. The van der Waals surface area contributed by atoms with Gasteiger partial charge in [0, 0.05) is 6.04 Å². The number of nitrogens with zero attached hydrogens (tertiary/aromatic N) is 1. The van der Waals surface area contributed by atoms with Crippen molar-refractivity contribution in [2.24, 2.45) is 5.73 Å². The van der Waals surface area contributed by atoms with Crippen molar-refractivity contribution in [3.63, 3.8) is 0 Å². The number of rotatable bonds is 6. The van der Waals surface area contributed by atoms with Crippen LogP contribution in [0.15, 0.2) is 30.3 Å². The molecule has 0 fully saturated rings. The van der Waals surface area contributed by atoms with Crippen molar-refractivity contribution in [1.29, 1.82) is 0 Å². The highest BCUT2D eigenvalue weighted by atomic mass is 16.5. The molecule has 2 unspecified atom stereocenters. The summed E-state index contributed by atoms with van der Waals surface area (Å²) in [5.74, 6) is 0.617. The summed E-state index contributed by atoms with van der Waals surface area (Å²) >= 11 is 0. The van der Waals surface area contributed by atoms with Crippen molar-refractivity contribution < 1.29 is 14.9 Å². The predicted octanol–water partition coefficient (Wildman–Crippen LogP) is 1.46. The lowest BCUT2D eigenvalue weighted by molar-refractivity contribution is 0.136. The molecule has 2 atom stereocenters. The Kier molecular flexibility index (Phi) is 4.73. The third kappa shape index (κ3) is 3.16. The maximum absolute atomic E-state index is 10.1. The summed E-state index contributed by atoms with van der Waals surface area (Å²) < 4.78 is 5.54. The molecule has 6 nitrogen and oxygen atoms in total. The number of para-hydroxylation sites is 1. The minimum atomic E-state index is -0.938. The smallest absolute Gasteiger partial charge is 0.299 e. The van der Waals surface area contributed by atoms with Crippen LogP contribution in [0.25, 0.3) is 0 Å². The molecular weight excluding hydrogens is 258 g/mol. The number of imidazole rings is 1. The van der Waals surface area contributed by atoms with Crippen LogP contribution in [0.5, 0.6) is 11.8 Å². The Morgan fingerprint density at radius 1 is 1.35 bits per heavy atom. The van der Waals surface area contributed by atoms with Gasteiger partial charge in [0.25, 0.3) is 6.01 Å². The summed E-state index contributed by atoms with van der Waals surface area (Å²) in [6, 6.07) is 8.92. The molecule has 2 aromatic rings. The average molecular weight is 277 g/mol. The molecule has 1 aromatic carbocycles. The van der Waals surface area contributed by atoms with Gasteiger partial charge in [0.1, 0.15) is 11.9 Å². The zero-order chi connectivity index (χ0) is 14.5. The monoisotopic (exact) mass is 277 g/mol. The van der Waals surface area contributed by atoms with Crippen molar-refractivity contribution in [3.8, 4) is 11.8 Å². The highest BCUT2D eigenvalue weighted by Crippen LogP contribution is 2.25. The second-order valence-electron chi connectivity index (χ2n) is 4.50. The summed E-state index contributed by atoms with van der Waals surface area (Å²) in [7, 11) is 0. The SMILES string of the molecule is CCC(N)C(O)c1nc(Oc2ccccc2)[nH]c1CO. The Labute approximate surface area is 117 Å². The second-order valence-corrected chi connectivity index (χ2v) is 4.50. The number of aromatic nitrogens is 2. The molecule has 0 saturated heterocycles. The molecule has 0 saturated carbocycles. The van der Waals surface area contributed by atoms with Gasteiger partial charge in [0.05, 0.1) is 18.0 Å². The number of ether oxygens (including phenoxy) is 1. The van der Waals surface area contributed by atoms with Gasteiger partial charge in [-0.3, -0.25) is 0 Å². The van der Waals surface area contributed by atoms with Crippen LogP contribution in [0.1, 0.15) is 30.8 Å². The van der Waals surface area contributed by atoms with E-state index < -0.39 is 12.1 Å². The molecule has 0 aliphatic rings. The fraction of sp³-hybridized carbons (Fsp3) is 0.357. The third-order valence-corrected chi connectivity index (χ3v) is 3.06. The minimum absolute atomic E-state index is 0.220. The van der Waals surface area contributed by atoms with Crippen LogP contribution >= 0.6 is 0 Å². The highest BCUT2D eigenvalue weighted by molar-refractivity contribution is 5.27. The van der Waals surface area contributed by atoms with E-state index in [-0.39, 0.29) is 12.6 Å². The van der Waals surface area contributed by atoms with Crippen LogP contribution in [0.4, 0.5) is 0 Å². The first-order valence-corrected chi connectivity index (χ1v) is 6.51. The summed E-state index contributed by atoms with van der Waals surface area (Å²) in [5.41, 5.74) is 6.54.